The van der Waals surface area contributed by atoms with Gasteiger partial charge in [0.1, 0.15) is 0 Å². The summed E-state index contributed by atoms with van der Waals surface area (Å²) in [6, 6.07) is 5.81. The van der Waals surface area contributed by atoms with Gasteiger partial charge >= 0.3 is 0 Å². The monoisotopic (exact) mass is 303 g/mol. The molecule has 0 spiro atoms. The van der Waals surface area contributed by atoms with E-state index in [0.717, 1.165) is 5.56 Å². The number of rotatable bonds is 5. The van der Waals surface area contributed by atoms with E-state index in [-0.39, 0.29) is 11.9 Å². The molecule has 0 saturated heterocycles. The molecule has 20 heavy (non-hydrogen) atoms. The molecule has 0 aromatic carbocycles. The van der Waals surface area contributed by atoms with Crippen LogP contribution in [0.5, 0.6) is 0 Å². The second kappa shape index (κ2) is 6.02. The smallest absolute Gasteiger partial charge is 0.252 e. The third-order valence-corrected chi connectivity index (χ3v) is 4.40. The van der Waals surface area contributed by atoms with Gasteiger partial charge in [-0.1, -0.05) is 0 Å². The van der Waals surface area contributed by atoms with Crippen LogP contribution >= 0.6 is 22.7 Å². The zero-order chi connectivity index (χ0) is 13.8. The third kappa shape index (κ3) is 2.81. The molecule has 102 valence electrons. The summed E-state index contributed by atoms with van der Waals surface area (Å²) in [7, 11) is 0. The SMILES string of the molecule is O=C(NC[C@H](c1ccsc1)n1cccn1)c1ccsc1. The number of carbonyl (C=O) groups is 1. The average molecular weight is 303 g/mol. The van der Waals surface area contributed by atoms with Crippen molar-refractivity contribution in [2.45, 2.75) is 6.04 Å². The van der Waals surface area contributed by atoms with Crippen molar-refractivity contribution in [1.82, 2.24) is 15.1 Å². The van der Waals surface area contributed by atoms with Crippen LogP contribution in [0.2, 0.25) is 0 Å². The van der Waals surface area contributed by atoms with Gasteiger partial charge < -0.3 is 5.32 Å². The maximum absolute atomic E-state index is 12.0. The zero-order valence-corrected chi connectivity index (χ0v) is 12.2. The second-order valence-electron chi connectivity index (χ2n) is 4.28. The molecule has 0 aliphatic heterocycles. The van der Waals surface area contributed by atoms with Gasteiger partial charge in [-0.3, -0.25) is 9.48 Å². The highest BCUT2D eigenvalue weighted by Crippen LogP contribution is 2.19. The van der Waals surface area contributed by atoms with Gasteiger partial charge in [0.2, 0.25) is 0 Å². The van der Waals surface area contributed by atoms with Crippen molar-refractivity contribution in [2.75, 3.05) is 6.54 Å². The van der Waals surface area contributed by atoms with Crippen LogP contribution in [0.25, 0.3) is 0 Å². The van der Waals surface area contributed by atoms with E-state index in [1.54, 1.807) is 17.5 Å². The Hall–Kier alpha value is -1.92. The van der Waals surface area contributed by atoms with Gasteiger partial charge in [0.05, 0.1) is 6.04 Å². The first kappa shape index (κ1) is 13.1. The van der Waals surface area contributed by atoms with Gasteiger partial charge in [-0.05, 0) is 39.9 Å². The van der Waals surface area contributed by atoms with Gasteiger partial charge in [-0.25, -0.2) is 0 Å². The number of nitrogens with one attached hydrogen (secondary N) is 1. The van der Waals surface area contributed by atoms with Crippen molar-refractivity contribution in [3.05, 3.63) is 63.2 Å². The summed E-state index contributed by atoms with van der Waals surface area (Å²) in [6.45, 7) is 0.521. The number of hydrogen-bond donors (Lipinski definition) is 1. The van der Waals surface area contributed by atoms with E-state index < -0.39 is 0 Å². The highest BCUT2D eigenvalue weighted by Gasteiger charge is 2.16. The van der Waals surface area contributed by atoms with Crippen molar-refractivity contribution in [1.29, 1.82) is 0 Å². The maximum atomic E-state index is 12.0. The molecule has 1 amide bonds. The van der Waals surface area contributed by atoms with E-state index in [9.17, 15) is 4.79 Å². The maximum Gasteiger partial charge on any atom is 0.252 e. The van der Waals surface area contributed by atoms with Gasteiger partial charge in [0, 0.05) is 29.9 Å². The van der Waals surface area contributed by atoms with Crippen molar-refractivity contribution < 1.29 is 4.79 Å². The lowest BCUT2D eigenvalue weighted by atomic mass is 10.1. The highest BCUT2D eigenvalue weighted by atomic mass is 32.1. The van der Waals surface area contributed by atoms with Crippen LogP contribution < -0.4 is 5.32 Å². The first-order valence-electron chi connectivity index (χ1n) is 6.16. The predicted octanol–water partition coefficient (Wildman–Crippen LogP) is 3.03. The van der Waals surface area contributed by atoms with Gasteiger partial charge in [0.15, 0.2) is 0 Å². The molecule has 0 fully saturated rings. The van der Waals surface area contributed by atoms with E-state index in [4.69, 9.17) is 0 Å². The fraction of sp³-hybridized carbons (Fsp3) is 0.143. The Kier molecular flexibility index (Phi) is 3.94. The van der Waals surface area contributed by atoms with E-state index in [1.807, 2.05) is 39.2 Å². The summed E-state index contributed by atoms with van der Waals surface area (Å²) in [5, 5.41) is 15.1. The Balaban J connectivity index is 1.73. The van der Waals surface area contributed by atoms with Gasteiger partial charge in [0.25, 0.3) is 5.91 Å². The van der Waals surface area contributed by atoms with Crippen LogP contribution in [-0.4, -0.2) is 22.2 Å². The minimum absolute atomic E-state index is 0.0267. The minimum atomic E-state index is -0.0429. The van der Waals surface area contributed by atoms with Gasteiger partial charge in [-0.15, -0.1) is 0 Å². The lowest BCUT2D eigenvalue weighted by molar-refractivity contribution is 0.0949. The molecule has 0 unspecified atom stereocenters. The summed E-state index contributed by atoms with van der Waals surface area (Å²) in [5.41, 5.74) is 1.86. The van der Waals surface area contributed by atoms with Crippen LogP contribution in [-0.2, 0) is 0 Å². The molecule has 0 aliphatic carbocycles. The fourth-order valence-electron chi connectivity index (χ4n) is 1.98. The van der Waals surface area contributed by atoms with Crippen molar-refractivity contribution >= 4 is 28.6 Å². The molecule has 0 saturated carbocycles. The minimum Gasteiger partial charge on any atom is -0.350 e. The van der Waals surface area contributed by atoms with Crippen molar-refractivity contribution in [3.63, 3.8) is 0 Å². The summed E-state index contributed by atoms with van der Waals surface area (Å²) in [6.07, 6.45) is 3.67. The molecule has 1 N–H and O–H groups in total. The lowest BCUT2D eigenvalue weighted by Crippen LogP contribution is -2.31. The van der Waals surface area contributed by atoms with Gasteiger partial charge in [-0.2, -0.15) is 27.8 Å². The molecule has 4 nitrogen and oxygen atoms in total. The van der Waals surface area contributed by atoms with Crippen molar-refractivity contribution in [2.24, 2.45) is 0 Å². The van der Waals surface area contributed by atoms with E-state index >= 15 is 0 Å². The average Bonchev–Trinajstić information content (AvgIpc) is 3.22. The number of carbonyl (C=O) groups excluding carboxylic acids is 1. The Morgan fingerprint density at radius 1 is 1.30 bits per heavy atom. The van der Waals surface area contributed by atoms with Crippen molar-refractivity contribution in [3.8, 4) is 0 Å². The first-order chi connectivity index (χ1) is 9.84. The zero-order valence-electron chi connectivity index (χ0n) is 10.6. The molecule has 6 heteroatoms. The normalized spacial score (nSPS) is 12.2. The highest BCUT2D eigenvalue weighted by molar-refractivity contribution is 7.08. The Bertz CT molecular complexity index is 610. The predicted molar refractivity (Wildman–Crippen MR) is 81.3 cm³/mol. The number of aromatic nitrogens is 2. The molecule has 0 radical (unpaired) electrons. The Labute approximate surface area is 124 Å². The third-order valence-electron chi connectivity index (χ3n) is 3.01. The standard InChI is InChI=1S/C14H13N3OS2/c18-14(12-3-7-20-10-12)15-8-13(11-2-6-19-9-11)17-5-1-4-16-17/h1-7,9-10,13H,8H2,(H,15,18)/t13-/m1/s1. The molecule has 1 atom stereocenters. The summed E-state index contributed by atoms with van der Waals surface area (Å²) in [4.78, 5) is 12.0. The quantitative estimate of drug-likeness (QED) is 0.787. The molecule has 0 aliphatic rings. The lowest BCUT2D eigenvalue weighted by Gasteiger charge is -2.17. The van der Waals surface area contributed by atoms with Crippen LogP contribution in [0.4, 0.5) is 0 Å². The second-order valence-corrected chi connectivity index (χ2v) is 5.84. The van der Waals surface area contributed by atoms with Crippen LogP contribution in [0.3, 0.4) is 0 Å². The Morgan fingerprint density at radius 3 is 2.80 bits per heavy atom. The molecule has 3 aromatic rings. The van der Waals surface area contributed by atoms with E-state index in [2.05, 4.69) is 21.9 Å². The van der Waals surface area contributed by atoms with E-state index in [0.29, 0.717) is 12.1 Å². The topological polar surface area (TPSA) is 46.9 Å². The van der Waals surface area contributed by atoms with Crippen LogP contribution in [0.1, 0.15) is 22.0 Å². The van der Waals surface area contributed by atoms with Crippen LogP contribution in [0.15, 0.2) is 52.1 Å². The van der Waals surface area contributed by atoms with Crippen LogP contribution in [0, 0.1) is 0 Å². The number of thiophene rings is 2. The number of hydrogen-bond acceptors (Lipinski definition) is 4. The molecule has 0 bridgehead atoms. The summed E-state index contributed by atoms with van der Waals surface area (Å²) in [5.74, 6) is -0.0429. The molecular weight excluding hydrogens is 290 g/mol. The molecule has 3 rings (SSSR count). The summed E-state index contributed by atoms with van der Waals surface area (Å²) >= 11 is 3.17. The number of amides is 1. The first-order valence-corrected chi connectivity index (χ1v) is 8.05. The fourth-order valence-corrected chi connectivity index (χ4v) is 3.32. The number of nitrogens with zero attached hydrogens (tertiary/aromatic N) is 2. The molecular formula is C14H13N3OS2. The molecule has 3 aromatic heterocycles. The summed E-state index contributed by atoms with van der Waals surface area (Å²) < 4.78 is 1.87. The van der Waals surface area contributed by atoms with E-state index in [1.165, 1.54) is 11.3 Å². The molecule has 3 heterocycles. The largest absolute Gasteiger partial charge is 0.350 e. The Morgan fingerprint density at radius 2 is 2.15 bits per heavy atom.